The lowest BCUT2D eigenvalue weighted by Gasteiger charge is -2.48. The van der Waals surface area contributed by atoms with Gasteiger partial charge in [-0.3, -0.25) is 4.79 Å². The van der Waals surface area contributed by atoms with Crippen LogP contribution in [0.5, 0.6) is 0 Å². The summed E-state index contributed by atoms with van der Waals surface area (Å²) in [6.07, 6.45) is 8.72. The number of nitrogens with zero attached hydrogens (tertiary/aromatic N) is 1. The van der Waals surface area contributed by atoms with Gasteiger partial charge < -0.3 is 16.0 Å². The highest BCUT2D eigenvalue weighted by atomic mass is 32.1. The van der Waals surface area contributed by atoms with Gasteiger partial charge in [-0.2, -0.15) is 0 Å². The third-order valence-corrected chi connectivity index (χ3v) is 6.18. The minimum atomic E-state index is -0.534. The SMILES string of the molecule is CN1C2CCCC1CC(NC(=O)C1(C(N)=S)CCC1)C2. The number of hydrogen-bond donors (Lipinski definition) is 2. The first-order valence-electron chi connectivity index (χ1n) is 7.86. The molecule has 3 rings (SSSR count). The summed E-state index contributed by atoms with van der Waals surface area (Å²) in [5, 5.41) is 3.26. The van der Waals surface area contributed by atoms with E-state index in [1.807, 2.05) is 0 Å². The molecule has 2 unspecified atom stereocenters. The summed E-state index contributed by atoms with van der Waals surface area (Å²) < 4.78 is 0. The molecule has 3 N–H and O–H groups in total. The lowest BCUT2D eigenvalue weighted by Crippen LogP contribution is -2.59. The summed E-state index contributed by atoms with van der Waals surface area (Å²) in [5.74, 6) is 0.0869. The molecule has 2 heterocycles. The Morgan fingerprint density at radius 1 is 1.25 bits per heavy atom. The Labute approximate surface area is 126 Å². The van der Waals surface area contributed by atoms with Crippen LogP contribution in [0, 0.1) is 5.41 Å². The molecular weight excluding hydrogens is 270 g/mol. The number of amides is 1. The van der Waals surface area contributed by atoms with Gasteiger partial charge in [-0.15, -0.1) is 0 Å². The van der Waals surface area contributed by atoms with Crippen molar-refractivity contribution in [1.82, 2.24) is 10.2 Å². The van der Waals surface area contributed by atoms with Crippen molar-refractivity contribution in [1.29, 1.82) is 0 Å². The zero-order chi connectivity index (χ0) is 14.3. The van der Waals surface area contributed by atoms with Crippen LogP contribution < -0.4 is 11.1 Å². The molecule has 4 nitrogen and oxygen atoms in total. The highest BCUT2D eigenvalue weighted by Gasteiger charge is 2.48. The normalized spacial score (nSPS) is 36.0. The summed E-state index contributed by atoms with van der Waals surface area (Å²) in [7, 11) is 2.23. The largest absolute Gasteiger partial charge is 0.392 e. The molecule has 0 aromatic rings. The Morgan fingerprint density at radius 2 is 1.85 bits per heavy atom. The Balaban J connectivity index is 1.64. The van der Waals surface area contributed by atoms with Gasteiger partial charge in [-0.25, -0.2) is 0 Å². The van der Waals surface area contributed by atoms with Crippen LogP contribution >= 0.6 is 12.2 Å². The summed E-state index contributed by atoms with van der Waals surface area (Å²) in [6.45, 7) is 0. The van der Waals surface area contributed by atoms with Gasteiger partial charge in [0.25, 0.3) is 0 Å². The Kier molecular flexibility index (Phi) is 3.75. The number of piperidine rings is 2. The van der Waals surface area contributed by atoms with Crippen molar-refractivity contribution in [3.8, 4) is 0 Å². The number of hydrogen-bond acceptors (Lipinski definition) is 3. The average Bonchev–Trinajstić information content (AvgIpc) is 2.28. The predicted molar refractivity (Wildman–Crippen MR) is 83.4 cm³/mol. The van der Waals surface area contributed by atoms with Crippen molar-refractivity contribution in [2.24, 2.45) is 11.1 Å². The molecule has 0 aromatic heterocycles. The van der Waals surface area contributed by atoms with E-state index in [-0.39, 0.29) is 5.91 Å². The summed E-state index contributed by atoms with van der Waals surface area (Å²) in [5.41, 5.74) is 5.28. The molecule has 3 fully saturated rings. The van der Waals surface area contributed by atoms with E-state index in [2.05, 4.69) is 17.3 Å². The highest BCUT2D eigenvalue weighted by Crippen LogP contribution is 2.42. The minimum absolute atomic E-state index is 0.0869. The summed E-state index contributed by atoms with van der Waals surface area (Å²) in [4.78, 5) is 15.5. The maximum absolute atomic E-state index is 12.6. The van der Waals surface area contributed by atoms with E-state index in [0.717, 1.165) is 32.1 Å². The second-order valence-electron chi connectivity index (χ2n) is 6.85. The zero-order valence-electron chi connectivity index (χ0n) is 12.2. The van der Waals surface area contributed by atoms with E-state index in [0.29, 0.717) is 23.1 Å². The summed E-state index contributed by atoms with van der Waals surface area (Å²) in [6, 6.07) is 1.57. The molecule has 1 amide bonds. The second kappa shape index (κ2) is 5.26. The molecular formula is C15H25N3OS. The van der Waals surface area contributed by atoms with Gasteiger partial charge in [-0.05, 0) is 45.6 Å². The number of thiocarbonyl (C=S) groups is 1. The lowest BCUT2D eigenvalue weighted by molar-refractivity contribution is -0.132. The van der Waals surface area contributed by atoms with Gasteiger partial charge >= 0.3 is 0 Å². The van der Waals surface area contributed by atoms with Crippen molar-refractivity contribution in [2.45, 2.75) is 69.5 Å². The van der Waals surface area contributed by atoms with E-state index >= 15 is 0 Å². The van der Waals surface area contributed by atoms with Crippen LogP contribution in [-0.2, 0) is 4.79 Å². The fourth-order valence-corrected chi connectivity index (χ4v) is 4.47. The molecule has 112 valence electrons. The maximum Gasteiger partial charge on any atom is 0.233 e. The molecule has 2 saturated heterocycles. The first-order valence-corrected chi connectivity index (χ1v) is 8.26. The van der Waals surface area contributed by atoms with E-state index in [4.69, 9.17) is 18.0 Å². The van der Waals surface area contributed by atoms with Gasteiger partial charge in [0.15, 0.2) is 0 Å². The van der Waals surface area contributed by atoms with Crippen LogP contribution in [0.3, 0.4) is 0 Å². The molecule has 2 atom stereocenters. The van der Waals surface area contributed by atoms with Gasteiger partial charge in [0.1, 0.15) is 0 Å². The maximum atomic E-state index is 12.6. The predicted octanol–water partition coefficient (Wildman–Crippen LogP) is 1.57. The van der Waals surface area contributed by atoms with Crippen molar-refractivity contribution in [2.75, 3.05) is 7.05 Å². The number of nitrogens with one attached hydrogen (secondary N) is 1. The minimum Gasteiger partial charge on any atom is -0.392 e. The standard InChI is InChI=1S/C15H25N3OS/c1-18-11-4-2-5-12(18)9-10(8-11)17-14(19)15(13(16)20)6-3-7-15/h10-12H,2-9H2,1H3,(H2,16,20)(H,17,19). The molecule has 2 bridgehead atoms. The number of carbonyl (C=O) groups is 1. The Bertz CT molecular complexity index is 407. The first kappa shape index (κ1) is 14.3. The van der Waals surface area contributed by atoms with Gasteiger partial charge in [0.2, 0.25) is 5.91 Å². The van der Waals surface area contributed by atoms with Crippen molar-refractivity contribution >= 4 is 23.1 Å². The molecule has 20 heavy (non-hydrogen) atoms. The third kappa shape index (κ3) is 2.25. The number of nitrogens with two attached hydrogens (primary N) is 1. The van der Waals surface area contributed by atoms with Crippen LogP contribution in [0.4, 0.5) is 0 Å². The van der Waals surface area contributed by atoms with Crippen molar-refractivity contribution in [3.05, 3.63) is 0 Å². The van der Waals surface area contributed by atoms with Crippen LogP contribution in [-0.4, -0.2) is 41.0 Å². The Morgan fingerprint density at radius 3 is 2.30 bits per heavy atom. The molecule has 0 spiro atoms. The number of fused-ring (bicyclic) bond motifs is 2. The van der Waals surface area contributed by atoms with Crippen LogP contribution in [0.1, 0.15) is 51.4 Å². The topological polar surface area (TPSA) is 58.4 Å². The number of rotatable bonds is 3. The van der Waals surface area contributed by atoms with Crippen LogP contribution in [0.15, 0.2) is 0 Å². The highest BCUT2D eigenvalue weighted by molar-refractivity contribution is 7.80. The van der Waals surface area contributed by atoms with Gasteiger partial charge in [-0.1, -0.05) is 25.1 Å². The van der Waals surface area contributed by atoms with Gasteiger partial charge in [0, 0.05) is 18.1 Å². The van der Waals surface area contributed by atoms with E-state index in [9.17, 15) is 4.79 Å². The molecule has 3 aliphatic rings. The Hall–Kier alpha value is -0.680. The summed E-state index contributed by atoms with van der Waals surface area (Å²) >= 11 is 5.13. The van der Waals surface area contributed by atoms with Gasteiger partial charge in [0.05, 0.1) is 10.4 Å². The molecule has 0 radical (unpaired) electrons. The molecule has 1 aliphatic carbocycles. The smallest absolute Gasteiger partial charge is 0.233 e. The van der Waals surface area contributed by atoms with Crippen LogP contribution in [0.2, 0.25) is 0 Å². The lowest BCUT2D eigenvalue weighted by atomic mass is 9.67. The molecule has 1 saturated carbocycles. The number of carbonyl (C=O) groups excluding carboxylic acids is 1. The van der Waals surface area contributed by atoms with Crippen molar-refractivity contribution in [3.63, 3.8) is 0 Å². The third-order valence-electron chi connectivity index (χ3n) is 5.79. The van der Waals surface area contributed by atoms with E-state index in [1.165, 1.54) is 19.3 Å². The first-order chi connectivity index (χ1) is 9.53. The molecule has 2 aliphatic heterocycles. The zero-order valence-corrected chi connectivity index (χ0v) is 13.0. The quantitative estimate of drug-likeness (QED) is 0.776. The average molecular weight is 295 g/mol. The fourth-order valence-electron chi connectivity index (χ4n) is 4.17. The monoisotopic (exact) mass is 295 g/mol. The van der Waals surface area contributed by atoms with E-state index < -0.39 is 5.41 Å². The van der Waals surface area contributed by atoms with Crippen molar-refractivity contribution < 1.29 is 4.79 Å². The molecule has 0 aromatic carbocycles. The fraction of sp³-hybridized carbons (Fsp3) is 0.867. The van der Waals surface area contributed by atoms with E-state index in [1.54, 1.807) is 0 Å². The molecule has 5 heteroatoms. The second-order valence-corrected chi connectivity index (χ2v) is 7.29. The van der Waals surface area contributed by atoms with Crippen LogP contribution in [0.25, 0.3) is 0 Å².